The van der Waals surface area contributed by atoms with E-state index in [4.69, 9.17) is 11.6 Å². The molecule has 2 atom stereocenters. The van der Waals surface area contributed by atoms with E-state index in [0.717, 1.165) is 17.7 Å². The van der Waals surface area contributed by atoms with Crippen LogP contribution in [-0.4, -0.2) is 42.9 Å². The van der Waals surface area contributed by atoms with Crippen LogP contribution in [0.1, 0.15) is 18.1 Å². The maximum atomic E-state index is 13.2. The van der Waals surface area contributed by atoms with Crippen LogP contribution in [0.5, 0.6) is 0 Å². The number of fused-ring (bicyclic) bond motifs is 1. The van der Waals surface area contributed by atoms with E-state index < -0.39 is 9.84 Å². The third-order valence-electron chi connectivity index (χ3n) is 5.37. The highest BCUT2D eigenvalue weighted by molar-refractivity contribution is 7.91. The molecule has 2 aromatic rings. The SMILES string of the molecule is CCc1ccc(N2C(=O)N(Cc3ccc(Cl)cc3)[C@@H]3CS(=O)(=O)C[C@H]32)cc1. The van der Waals surface area contributed by atoms with Crippen molar-refractivity contribution in [3.63, 3.8) is 0 Å². The number of amides is 2. The van der Waals surface area contributed by atoms with E-state index in [1.54, 1.807) is 21.9 Å². The van der Waals surface area contributed by atoms with Crippen molar-refractivity contribution < 1.29 is 13.2 Å². The van der Waals surface area contributed by atoms with Crippen molar-refractivity contribution in [1.29, 1.82) is 0 Å². The molecule has 2 saturated heterocycles. The zero-order chi connectivity index (χ0) is 19.2. The van der Waals surface area contributed by atoms with Crippen molar-refractivity contribution in [2.45, 2.75) is 32.0 Å². The molecule has 2 heterocycles. The lowest BCUT2D eigenvalue weighted by atomic mass is 10.1. The number of aryl methyl sites for hydroxylation is 1. The van der Waals surface area contributed by atoms with E-state index in [2.05, 4.69) is 6.92 Å². The highest BCUT2D eigenvalue weighted by Gasteiger charge is 2.53. The molecule has 2 aliphatic heterocycles. The molecule has 27 heavy (non-hydrogen) atoms. The monoisotopic (exact) mass is 404 g/mol. The molecule has 2 aliphatic rings. The number of carbonyl (C=O) groups excluding carboxylic acids is 1. The first kappa shape index (κ1) is 18.3. The summed E-state index contributed by atoms with van der Waals surface area (Å²) in [7, 11) is -3.17. The lowest BCUT2D eigenvalue weighted by Crippen LogP contribution is -2.37. The Morgan fingerprint density at radius 3 is 2.19 bits per heavy atom. The molecule has 2 aromatic carbocycles. The second-order valence-electron chi connectivity index (χ2n) is 7.14. The molecule has 0 unspecified atom stereocenters. The summed E-state index contributed by atoms with van der Waals surface area (Å²) in [6.07, 6.45) is 0.914. The molecule has 2 fully saturated rings. The Morgan fingerprint density at radius 2 is 1.56 bits per heavy atom. The summed E-state index contributed by atoms with van der Waals surface area (Å²) in [5.41, 5.74) is 2.86. The van der Waals surface area contributed by atoms with Gasteiger partial charge >= 0.3 is 6.03 Å². The summed E-state index contributed by atoms with van der Waals surface area (Å²) >= 11 is 5.94. The summed E-state index contributed by atoms with van der Waals surface area (Å²) in [4.78, 5) is 16.5. The fraction of sp³-hybridized carbons (Fsp3) is 0.350. The summed E-state index contributed by atoms with van der Waals surface area (Å²) in [6, 6.07) is 14.3. The average molecular weight is 405 g/mol. The van der Waals surface area contributed by atoms with E-state index in [9.17, 15) is 13.2 Å². The largest absolute Gasteiger partial charge is 0.325 e. The molecule has 0 aromatic heterocycles. The van der Waals surface area contributed by atoms with E-state index in [1.807, 2.05) is 36.4 Å². The highest BCUT2D eigenvalue weighted by atomic mass is 35.5. The van der Waals surface area contributed by atoms with Crippen LogP contribution in [0.3, 0.4) is 0 Å². The quantitative estimate of drug-likeness (QED) is 0.732. The second kappa shape index (κ2) is 6.84. The maximum Gasteiger partial charge on any atom is 0.325 e. The van der Waals surface area contributed by atoms with Crippen molar-refractivity contribution in [3.05, 3.63) is 64.7 Å². The average Bonchev–Trinajstić information content (AvgIpc) is 3.07. The zero-order valence-electron chi connectivity index (χ0n) is 15.0. The van der Waals surface area contributed by atoms with Crippen molar-refractivity contribution in [2.75, 3.05) is 16.4 Å². The van der Waals surface area contributed by atoms with Gasteiger partial charge in [-0.15, -0.1) is 0 Å². The minimum absolute atomic E-state index is 0.00997. The first-order valence-electron chi connectivity index (χ1n) is 9.01. The third kappa shape index (κ3) is 3.44. The predicted octanol–water partition coefficient (Wildman–Crippen LogP) is 3.51. The number of urea groups is 1. The summed E-state index contributed by atoms with van der Waals surface area (Å²) in [6.45, 7) is 2.44. The van der Waals surface area contributed by atoms with Crippen LogP contribution < -0.4 is 4.90 Å². The number of carbonyl (C=O) groups is 1. The number of benzene rings is 2. The number of sulfone groups is 1. The summed E-state index contributed by atoms with van der Waals surface area (Å²) in [5.74, 6) is 0.0244. The Hall–Kier alpha value is -2.05. The normalized spacial score (nSPS) is 23.7. The van der Waals surface area contributed by atoms with Crippen LogP contribution in [0.25, 0.3) is 0 Å². The van der Waals surface area contributed by atoms with Gasteiger partial charge < -0.3 is 4.90 Å². The van der Waals surface area contributed by atoms with Crippen molar-refractivity contribution in [3.8, 4) is 0 Å². The van der Waals surface area contributed by atoms with Crippen LogP contribution in [0.4, 0.5) is 10.5 Å². The van der Waals surface area contributed by atoms with Gasteiger partial charge in [0.25, 0.3) is 0 Å². The highest BCUT2D eigenvalue weighted by Crippen LogP contribution is 2.36. The number of halogens is 1. The number of rotatable bonds is 4. The molecule has 7 heteroatoms. The molecule has 0 N–H and O–H groups in total. The predicted molar refractivity (Wildman–Crippen MR) is 107 cm³/mol. The van der Waals surface area contributed by atoms with Gasteiger partial charge in [0.2, 0.25) is 0 Å². The molecule has 0 spiro atoms. The Kier molecular flexibility index (Phi) is 4.64. The minimum Gasteiger partial charge on any atom is -0.314 e. The molecular formula is C20H21ClN2O3S. The molecule has 4 rings (SSSR count). The summed E-state index contributed by atoms with van der Waals surface area (Å²) < 4.78 is 24.6. The van der Waals surface area contributed by atoms with Gasteiger partial charge in [-0.3, -0.25) is 4.90 Å². The van der Waals surface area contributed by atoms with E-state index in [1.165, 1.54) is 5.56 Å². The molecule has 0 saturated carbocycles. The van der Waals surface area contributed by atoms with Crippen LogP contribution in [0.15, 0.2) is 48.5 Å². The fourth-order valence-corrected chi connectivity index (χ4v) is 6.02. The maximum absolute atomic E-state index is 13.2. The van der Waals surface area contributed by atoms with Gasteiger partial charge in [0.15, 0.2) is 9.84 Å². The Labute approximate surface area is 164 Å². The Bertz CT molecular complexity index is 958. The lowest BCUT2D eigenvalue weighted by molar-refractivity contribution is 0.206. The van der Waals surface area contributed by atoms with Gasteiger partial charge in [-0.05, 0) is 41.8 Å². The van der Waals surface area contributed by atoms with Crippen molar-refractivity contribution >= 4 is 33.2 Å². The summed E-state index contributed by atoms with van der Waals surface area (Å²) in [5, 5.41) is 0.630. The molecule has 5 nitrogen and oxygen atoms in total. The van der Waals surface area contributed by atoms with Crippen molar-refractivity contribution in [1.82, 2.24) is 4.90 Å². The van der Waals surface area contributed by atoms with Crippen molar-refractivity contribution in [2.24, 2.45) is 0 Å². The molecule has 142 valence electrons. The Morgan fingerprint density at radius 1 is 0.963 bits per heavy atom. The third-order valence-corrected chi connectivity index (χ3v) is 7.32. The zero-order valence-corrected chi connectivity index (χ0v) is 16.6. The minimum atomic E-state index is -3.17. The molecule has 0 aliphatic carbocycles. The fourth-order valence-electron chi connectivity index (χ4n) is 3.94. The molecule has 0 bridgehead atoms. The van der Waals surface area contributed by atoms with Gasteiger partial charge in [-0.1, -0.05) is 42.8 Å². The van der Waals surface area contributed by atoms with Gasteiger partial charge in [-0.25, -0.2) is 13.2 Å². The smallest absolute Gasteiger partial charge is 0.314 e. The second-order valence-corrected chi connectivity index (χ2v) is 9.73. The number of hydrogen-bond donors (Lipinski definition) is 0. The van der Waals surface area contributed by atoms with Crippen LogP contribution in [0.2, 0.25) is 5.02 Å². The van der Waals surface area contributed by atoms with E-state index in [-0.39, 0.29) is 29.6 Å². The molecule has 0 radical (unpaired) electrons. The molecule has 2 amide bonds. The van der Waals surface area contributed by atoms with E-state index >= 15 is 0 Å². The standard InChI is InChI=1S/C20H21ClN2O3S/c1-2-14-5-9-17(10-6-14)23-19-13-27(25,26)12-18(19)22(20(23)24)11-15-3-7-16(21)8-4-15/h3-10,18-19H,2,11-13H2,1H3/t18-,19-/m1/s1. The topological polar surface area (TPSA) is 57.7 Å². The first-order valence-corrected chi connectivity index (χ1v) is 11.2. The first-order chi connectivity index (χ1) is 12.9. The van der Waals surface area contributed by atoms with Gasteiger partial charge in [0.1, 0.15) is 0 Å². The van der Waals surface area contributed by atoms with Gasteiger partial charge in [-0.2, -0.15) is 0 Å². The Balaban J connectivity index is 1.67. The van der Waals surface area contributed by atoms with Gasteiger partial charge in [0.05, 0.1) is 23.6 Å². The van der Waals surface area contributed by atoms with Gasteiger partial charge in [0, 0.05) is 17.3 Å². The van der Waals surface area contributed by atoms with Crippen LogP contribution in [-0.2, 0) is 22.8 Å². The number of nitrogens with zero attached hydrogens (tertiary/aromatic N) is 2. The van der Waals surface area contributed by atoms with Crippen LogP contribution >= 0.6 is 11.6 Å². The van der Waals surface area contributed by atoms with E-state index in [0.29, 0.717) is 11.6 Å². The lowest BCUT2D eigenvalue weighted by Gasteiger charge is -2.23. The molecular weight excluding hydrogens is 384 g/mol. The van der Waals surface area contributed by atoms with Crippen LogP contribution in [0, 0.1) is 0 Å². The number of anilines is 1. The number of hydrogen-bond acceptors (Lipinski definition) is 3.